The Hall–Kier alpha value is 1.06. The maximum absolute atomic E-state index is 5.53. The molecular weight excluding hydrogens is 211 g/mol. The van der Waals surface area contributed by atoms with Crippen LogP contribution in [0.2, 0.25) is 0 Å². The average Bonchev–Trinajstić information content (AvgIpc) is 1.87. The zero-order valence-corrected chi connectivity index (χ0v) is 7.56. The van der Waals surface area contributed by atoms with Crippen LogP contribution < -0.4 is 0 Å². The van der Waals surface area contributed by atoms with Gasteiger partial charge < -0.3 is 0 Å². The first-order valence-electron chi connectivity index (χ1n) is 2.22. The highest BCUT2D eigenvalue weighted by atomic mass is 79.9. The van der Waals surface area contributed by atoms with E-state index in [0.717, 1.165) is 5.33 Å². The number of rotatable bonds is 3. The van der Waals surface area contributed by atoms with Crippen molar-refractivity contribution >= 4 is 39.1 Å². The van der Waals surface area contributed by atoms with Gasteiger partial charge in [0.1, 0.15) is 0 Å². The van der Waals surface area contributed by atoms with E-state index in [1.54, 1.807) is 0 Å². The molecule has 0 saturated carbocycles. The van der Waals surface area contributed by atoms with Crippen molar-refractivity contribution in [2.75, 3.05) is 17.1 Å². The van der Waals surface area contributed by atoms with Crippen LogP contribution in [0.15, 0.2) is 0 Å². The van der Waals surface area contributed by atoms with E-state index in [2.05, 4.69) is 22.9 Å². The molecule has 0 rings (SSSR count). The summed E-state index contributed by atoms with van der Waals surface area (Å²) in [4.78, 5) is 0. The number of hydrogen-bond acceptors (Lipinski definition) is 0. The lowest BCUT2D eigenvalue weighted by Crippen LogP contribution is -2.22. The molecule has 0 heterocycles. The Morgan fingerprint density at radius 3 is 1.75 bits per heavy atom. The highest BCUT2D eigenvalue weighted by Gasteiger charge is 2.19. The maximum Gasteiger partial charge on any atom is 0.0299 e. The molecule has 3 heteroatoms. The van der Waals surface area contributed by atoms with Crippen LogP contribution in [0.3, 0.4) is 0 Å². The topological polar surface area (TPSA) is 0 Å². The Balaban J connectivity index is 3.58. The van der Waals surface area contributed by atoms with Gasteiger partial charge in [-0.25, -0.2) is 0 Å². The van der Waals surface area contributed by atoms with E-state index < -0.39 is 0 Å². The molecule has 0 N–H and O–H groups in total. The van der Waals surface area contributed by atoms with Crippen molar-refractivity contribution in [1.29, 1.82) is 0 Å². The first-order valence-corrected chi connectivity index (χ1v) is 4.41. The van der Waals surface area contributed by atoms with Gasteiger partial charge in [0.15, 0.2) is 0 Å². The molecule has 0 spiro atoms. The zero-order chi connectivity index (χ0) is 6.62. The quantitative estimate of drug-likeness (QED) is 0.640. The Kier molecular flexibility index (Phi) is 4.50. The summed E-state index contributed by atoms with van der Waals surface area (Å²) in [5, 5.41) is 0.757. The van der Waals surface area contributed by atoms with E-state index in [1.165, 1.54) is 0 Å². The molecule has 0 aromatic carbocycles. The van der Waals surface area contributed by atoms with Crippen molar-refractivity contribution in [2.24, 2.45) is 5.41 Å². The number of halogens is 3. The van der Waals surface area contributed by atoms with Crippen LogP contribution in [0.1, 0.15) is 0 Å². The van der Waals surface area contributed by atoms with Gasteiger partial charge in [0.05, 0.1) is 0 Å². The zero-order valence-electron chi connectivity index (χ0n) is 4.46. The second-order valence-corrected chi connectivity index (χ2v) is 3.00. The van der Waals surface area contributed by atoms with Gasteiger partial charge in [-0.1, -0.05) is 15.9 Å². The summed E-state index contributed by atoms with van der Waals surface area (Å²) in [5.41, 5.74) is -0.177. The molecule has 0 fully saturated rings. The molecule has 0 nitrogen and oxygen atoms in total. The molecule has 0 amide bonds. The third kappa shape index (κ3) is 2.56. The molecule has 8 heavy (non-hydrogen) atoms. The molecular formula is C5H8BrCl2. The largest absolute Gasteiger partial charge is 0.126 e. The molecule has 49 valence electrons. The lowest BCUT2D eigenvalue weighted by molar-refractivity contribution is 0.572. The normalized spacial score (nSPS) is 12.0. The summed E-state index contributed by atoms with van der Waals surface area (Å²) >= 11 is 14.3. The second-order valence-electron chi connectivity index (χ2n) is 1.90. The third-order valence-electron chi connectivity index (χ3n) is 0.850. The third-order valence-corrected chi connectivity index (χ3v) is 3.17. The van der Waals surface area contributed by atoms with Crippen LogP contribution in [0.25, 0.3) is 0 Å². The Morgan fingerprint density at radius 1 is 1.38 bits per heavy atom. The monoisotopic (exact) mass is 217 g/mol. The van der Waals surface area contributed by atoms with Gasteiger partial charge in [0.25, 0.3) is 0 Å². The first kappa shape index (κ1) is 9.06. The van der Waals surface area contributed by atoms with E-state index in [4.69, 9.17) is 23.2 Å². The van der Waals surface area contributed by atoms with Crippen molar-refractivity contribution in [3.8, 4) is 0 Å². The standard InChI is InChI=1S/C5H8BrCl2/c1-5(2-6,3-7)4-8/h1-4H2. The maximum atomic E-state index is 5.53. The van der Waals surface area contributed by atoms with Gasteiger partial charge in [0.2, 0.25) is 0 Å². The van der Waals surface area contributed by atoms with Crippen molar-refractivity contribution in [1.82, 2.24) is 0 Å². The summed E-state index contributed by atoms with van der Waals surface area (Å²) in [6, 6.07) is 0. The van der Waals surface area contributed by atoms with Crippen LogP contribution in [-0.4, -0.2) is 17.1 Å². The van der Waals surface area contributed by atoms with Crippen molar-refractivity contribution in [3.63, 3.8) is 0 Å². The molecule has 1 radical (unpaired) electrons. The van der Waals surface area contributed by atoms with E-state index in [9.17, 15) is 0 Å². The molecule has 0 aliphatic heterocycles. The van der Waals surface area contributed by atoms with Gasteiger partial charge in [-0.05, 0) is 6.92 Å². The lowest BCUT2D eigenvalue weighted by atomic mass is 10.0. The van der Waals surface area contributed by atoms with Crippen molar-refractivity contribution in [2.45, 2.75) is 0 Å². The smallest absolute Gasteiger partial charge is 0.0299 e. The summed E-state index contributed by atoms with van der Waals surface area (Å²) < 4.78 is 0. The summed E-state index contributed by atoms with van der Waals surface area (Å²) in [5.74, 6) is 1.00. The molecule has 0 aliphatic carbocycles. The number of hydrogen-bond donors (Lipinski definition) is 0. The van der Waals surface area contributed by atoms with Gasteiger partial charge in [-0.3, -0.25) is 0 Å². The number of alkyl halides is 3. The molecule has 0 aromatic heterocycles. The minimum absolute atomic E-state index is 0.177. The Bertz CT molecular complexity index is 53.2. The van der Waals surface area contributed by atoms with Crippen LogP contribution in [-0.2, 0) is 0 Å². The Labute approximate surface area is 68.7 Å². The van der Waals surface area contributed by atoms with Crippen molar-refractivity contribution in [3.05, 3.63) is 6.92 Å². The van der Waals surface area contributed by atoms with E-state index in [0.29, 0.717) is 11.8 Å². The fraction of sp³-hybridized carbons (Fsp3) is 0.800. The minimum atomic E-state index is -0.177. The van der Waals surface area contributed by atoms with Crippen LogP contribution in [0, 0.1) is 12.3 Å². The van der Waals surface area contributed by atoms with Gasteiger partial charge in [-0.15, -0.1) is 23.2 Å². The molecule has 0 atom stereocenters. The summed E-state index contributed by atoms with van der Waals surface area (Å²) in [6.45, 7) is 3.81. The lowest BCUT2D eigenvalue weighted by Gasteiger charge is -2.19. The van der Waals surface area contributed by atoms with Crippen molar-refractivity contribution < 1.29 is 0 Å². The molecule has 0 unspecified atom stereocenters. The predicted molar refractivity (Wildman–Crippen MR) is 43.0 cm³/mol. The highest BCUT2D eigenvalue weighted by molar-refractivity contribution is 9.09. The van der Waals surface area contributed by atoms with Gasteiger partial charge >= 0.3 is 0 Å². The van der Waals surface area contributed by atoms with Crippen LogP contribution in [0.4, 0.5) is 0 Å². The Morgan fingerprint density at radius 2 is 1.75 bits per heavy atom. The highest BCUT2D eigenvalue weighted by Crippen LogP contribution is 2.21. The minimum Gasteiger partial charge on any atom is -0.126 e. The van der Waals surface area contributed by atoms with Gasteiger partial charge in [0, 0.05) is 22.5 Å². The van der Waals surface area contributed by atoms with Crippen LogP contribution >= 0.6 is 39.1 Å². The summed E-state index contributed by atoms with van der Waals surface area (Å²) in [7, 11) is 0. The average molecular weight is 219 g/mol. The van der Waals surface area contributed by atoms with E-state index in [-0.39, 0.29) is 5.41 Å². The summed E-state index contributed by atoms with van der Waals surface area (Å²) in [6.07, 6.45) is 0. The second kappa shape index (κ2) is 3.97. The van der Waals surface area contributed by atoms with Gasteiger partial charge in [-0.2, -0.15) is 0 Å². The fourth-order valence-corrected chi connectivity index (χ4v) is 1.43. The van der Waals surface area contributed by atoms with Crippen LogP contribution in [0.5, 0.6) is 0 Å². The van der Waals surface area contributed by atoms with E-state index >= 15 is 0 Å². The SMILES string of the molecule is [CH2]C(CCl)(CCl)CBr. The predicted octanol–water partition coefficient (Wildman–Crippen LogP) is 2.68. The first-order chi connectivity index (χ1) is 3.68. The molecule has 0 bridgehead atoms. The van der Waals surface area contributed by atoms with E-state index in [1.807, 2.05) is 0 Å². The molecule has 0 saturated heterocycles. The molecule has 0 aromatic rings. The molecule has 0 aliphatic rings. The fourth-order valence-electron chi connectivity index (χ4n) is 0.107.